The van der Waals surface area contributed by atoms with Crippen molar-refractivity contribution in [2.45, 2.75) is 20.0 Å². The fourth-order valence-corrected chi connectivity index (χ4v) is 3.32. The number of hydrogen-bond acceptors (Lipinski definition) is 5. The highest BCUT2D eigenvalue weighted by molar-refractivity contribution is 9.10. The molecule has 2 amide bonds. The minimum Gasteiger partial charge on any atom is -0.490 e. The lowest BCUT2D eigenvalue weighted by atomic mass is 10.2. The van der Waals surface area contributed by atoms with Crippen molar-refractivity contribution in [2.75, 3.05) is 11.9 Å². The van der Waals surface area contributed by atoms with E-state index in [1.165, 1.54) is 6.21 Å². The van der Waals surface area contributed by atoms with Crippen LogP contribution in [0.4, 0.5) is 5.69 Å². The summed E-state index contributed by atoms with van der Waals surface area (Å²) in [5.74, 6) is 0.149. The van der Waals surface area contributed by atoms with Gasteiger partial charge in [0.15, 0.2) is 11.5 Å². The van der Waals surface area contributed by atoms with Gasteiger partial charge in [0.25, 0.3) is 0 Å². The molecule has 0 unspecified atom stereocenters. The van der Waals surface area contributed by atoms with Gasteiger partial charge in [-0.2, -0.15) is 5.10 Å². The van der Waals surface area contributed by atoms with Gasteiger partial charge in [-0.15, -0.1) is 0 Å². The number of hydrazone groups is 1. The van der Waals surface area contributed by atoms with Crippen LogP contribution in [0.3, 0.4) is 0 Å². The Kier molecular flexibility index (Phi) is 9.49. The number of nitrogens with one attached hydrogen (secondary N) is 2. The maximum absolute atomic E-state index is 12.0. The maximum atomic E-state index is 12.0. The molecule has 7 nitrogen and oxygen atoms in total. The van der Waals surface area contributed by atoms with Crippen LogP contribution in [-0.2, 0) is 16.2 Å². The van der Waals surface area contributed by atoms with Crippen LogP contribution in [0.2, 0.25) is 5.02 Å². The zero-order chi connectivity index (χ0) is 24.3. The number of ether oxygens (including phenoxy) is 2. The number of hydrogen-bond donors (Lipinski definition) is 2. The van der Waals surface area contributed by atoms with E-state index in [0.29, 0.717) is 41.0 Å². The molecular weight excluding hydrogens is 522 g/mol. The van der Waals surface area contributed by atoms with Gasteiger partial charge < -0.3 is 14.8 Å². The average molecular weight is 545 g/mol. The Hall–Kier alpha value is -3.36. The molecule has 0 fully saturated rings. The molecule has 0 atom stereocenters. The van der Waals surface area contributed by atoms with E-state index in [1.54, 1.807) is 42.5 Å². The first-order chi connectivity index (χ1) is 16.4. The molecule has 3 aromatic carbocycles. The van der Waals surface area contributed by atoms with Crippen molar-refractivity contribution < 1.29 is 19.1 Å². The molecule has 0 saturated heterocycles. The molecule has 0 heterocycles. The number of carbonyl (C=O) groups excluding carboxylic acids is 2. The van der Waals surface area contributed by atoms with E-state index < -0.39 is 11.8 Å². The smallest absolute Gasteiger partial charge is 0.249 e. The fourth-order valence-electron chi connectivity index (χ4n) is 2.87. The van der Waals surface area contributed by atoms with E-state index in [4.69, 9.17) is 21.1 Å². The molecule has 3 rings (SSSR count). The van der Waals surface area contributed by atoms with Crippen LogP contribution in [0.5, 0.6) is 11.5 Å². The second kappa shape index (κ2) is 12.8. The lowest BCUT2D eigenvalue weighted by Crippen LogP contribution is -2.24. The lowest BCUT2D eigenvalue weighted by molar-refractivity contribution is -0.126. The molecule has 176 valence electrons. The Morgan fingerprint density at radius 1 is 1.00 bits per heavy atom. The van der Waals surface area contributed by atoms with E-state index in [2.05, 4.69) is 31.8 Å². The van der Waals surface area contributed by atoms with Crippen molar-refractivity contribution in [2.24, 2.45) is 5.10 Å². The van der Waals surface area contributed by atoms with Crippen molar-refractivity contribution in [1.82, 2.24) is 5.43 Å². The van der Waals surface area contributed by atoms with Crippen LogP contribution >= 0.6 is 27.5 Å². The van der Waals surface area contributed by atoms with Crippen molar-refractivity contribution in [1.29, 1.82) is 0 Å². The second-order valence-corrected chi connectivity index (χ2v) is 8.43. The molecule has 34 heavy (non-hydrogen) atoms. The largest absolute Gasteiger partial charge is 0.490 e. The van der Waals surface area contributed by atoms with Crippen molar-refractivity contribution in [3.8, 4) is 11.5 Å². The van der Waals surface area contributed by atoms with Crippen LogP contribution in [0, 0.1) is 0 Å². The molecule has 0 saturated carbocycles. The summed E-state index contributed by atoms with van der Waals surface area (Å²) < 4.78 is 12.6. The molecular formula is C25H23BrClN3O4. The van der Waals surface area contributed by atoms with Crippen LogP contribution in [0.1, 0.15) is 24.5 Å². The normalized spacial score (nSPS) is 10.7. The Bertz CT molecular complexity index is 1170. The third-order valence-electron chi connectivity index (χ3n) is 4.41. The summed E-state index contributed by atoms with van der Waals surface area (Å²) in [5.41, 5.74) is 4.58. The number of anilines is 1. The molecule has 0 aromatic heterocycles. The highest BCUT2D eigenvalue weighted by Gasteiger charge is 2.10. The van der Waals surface area contributed by atoms with Gasteiger partial charge in [0.1, 0.15) is 13.0 Å². The molecule has 0 bridgehead atoms. The molecule has 0 radical (unpaired) electrons. The third-order valence-corrected chi connectivity index (χ3v) is 5.17. The minimum atomic E-state index is -0.546. The topological polar surface area (TPSA) is 89.0 Å². The van der Waals surface area contributed by atoms with Crippen LogP contribution in [0.15, 0.2) is 76.3 Å². The first-order valence-electron chi connectivity index (χ1n) is 10.4. The highest BCUT2D eigenvalue weighted by Crippen LogP contribution is 2.29. The zero-order valence-electron chi connectivity index (χ0n) is 18.4. The summed E-state index contributed by atoms with van der Waals surface area (Å²) >= 11 is 9.30. The molecule has 9 heteroatoms. The first kappa shape index (κ1) is 25.3. The minimum absolute atomic E-state index is 0.378. The van der Waals surface area contributed by atoms with Crippen LogP contribution in [0.25, 0.3) is 0 Å². The van der Waals surface area contributed by atoms with Gasteiger partial charge in [0.05, 0.1) is 12.8 Å². The number of halogens is 2. The Morgan fingerprint density at radius 2 is 1.79 bits per heavy atom. The predicted octanol–water partition coefficient (Wildman–Crippen LogP) is 5.56. The standard InChI is InChI=1S/C25H23BrClN3O4/c1-2-33-23-12-18(8-11-22(23)34-16-17-6-9-19(26)10-7-17)15-28-30-25(32)14-24(31)29-21-5-3-4-20(27)13-21/h3-13,15H,2,14,16H2,1H3,(H,29,31)(H,30,32)/b28-15-. The number of nitrogens with zero attached hydrogens (tertiary/aromatic N) is 1. The summed E-state index contributed by atoms with van der Waals surface area (Å²) in [4.78, 5) is 24.0. The summed E-state index contributed by atoms with van der Waals surface area (Å²) in [7, 11) is 0. The Morgan fingerprint density at radius 3 is 2.53 bits per heavy atom. The molecule has 3 aromatic rings. The van der Waals surface area contributed by atoms with Gasteiger partial charge in [0, 0.05) is 15.2 Å². The summed E-state index contributed by atoms with van der Waals surface area (Å²) in [6.07, 6.45) is 1.09. The van der Waals surface area contributed by atoms with Crippen LogP contribution < -0.4 is 20.2 Å². The van der Waals surface area contributed by atoms with Crippen molar-refractivity contribution in [3.63, 3.8) is 0 Å². The SMILES string of the molecule is CCOc1cc(/C=N\NC(=O)CC(=O)Nc2cccc(Cl)c2)ccc1OCc1ccc(Br)cc1. The van der Waals surface area contributed by atoms with Crippen molar-refractivity contribution >= 4 is 51.2 Å². The fraction of sp³-hybridized carbons (Fsp3) is 0.160. The van der Waals surface area contributed by atoms with Crippen molar-refractivity contribution in [3.05, 3.63) is 87.4 Å². The van der Waals surface area contributed by atoms with Crippen LogP contribution in [-0.4, -0.2) is 24.6 Å². The number of amides is 2. The quantitative estimate of drug-likeness (QED) is 0.199. The van der Waals surface area contributed by atoms with E-state index in [9.17, 15) is 9.59 Å². The van der Waals surface area contributed by atoms with E-state index >= 15 is 0 Å². The predicted molar refractivity (Wildman–Crippen MR) is 137 cm³/mol. The van der Waals surface area contributed by atoms with Gasteiger partial charge in [-0.3, -0.25) is 9.59 Å². The number of carbonyl (C=O) groups is 2. The second-order valence-electron chi connectivity index (χ2n) is 7.08. The van der Waals surface area contributed by atoms with E-state index in [-0.39, 0.29) is 6.42 Å². The first-order valence-corrected chi connectivity index (χ1v) is 11.6. The average Bonchev–Trinajstić information content (AvgIpc) is 2.80. The monoisotopic (exact) mass is 543 g/mol. The van der Waals surface area contributed by atoms with E-state index in [0.717, 1.165) is 10.0 Å². The molecule has 2 N–H and O–H groups in total. The van der Waals surface area contributed by atoms with Gasteiger partial charge >= 0.3 is 0 Å². The molecule has 0 aliphatic rings. The Labute approximate surface area is 211 Å². The molecule has 0 aliphatic heterocycles. The third kappa shape index (κ3) is 8.20. The zero-order valence-corrected chi connectivity index (χ0v) is 20.7. The lowest BCUT2D eigenvalue weighted by Gasteiger charge is -2.12. The molecule has 0 aliphatic carbocycles. The van der Waals surface area contributed by atoms with E-state index in [1.807, 2.05) is 31.2 Å². The highest BCUT2D eigenvalue weighted by atomic mass is 79.9. The van der Waals surface area contributed by atoms with Gasteiger partial charge in [-0.1, -0.05) is 45.7 Å². The van der Waals surface area contributed by atoms with Gasteiger partial charge in [0.2, 0.25) is 11.8 Å². The summed E-state index contributed by atoms with van der Waals surface area (Å²) in [5, 5.41) is 7.02. The summed E-state index contributed by atoms with van der Waals surface area (Å²) in [6.45, 7) is 2.75. The number of benzene rings is 3. The van der Waals surface area contributed by atoms with Gasteiger partial charge in [-0.25, -0.2) is 5.43 Å². The summed E-state index contributed by atoms with van der Waals surface area (Å²) in [6, 6.07) is 19.9. The molecule has 0 spiro atoms. The van der Waals surface area contributed by atoms with Gasteiger partial charge in [-0.05, 0) is 66.6 Å². The number of rotatable bonds is 10. The maximum Gasteiger partial charge on any atom is 0.249 e. The Balaban J connectivity index is 1.53.